The maximum absolute atomic E-state index is 13.9. The minimum atomic E-state index is -1.04. The van der Waals surface area contributed by atoms with Crippen LogP contribution in [0.5, 0.6) is 5.75 Å². The Morgan fingerprint density at radius 1 is 0.930 bits per heavy atom. The molecule has 0 aliphatic carbocycles. The number of hydrogen-bond donors (Lipinski definition) is 5. The SMILES string of the molecule is NC(=O)[C@@H]1CSCc2csc(n2)N2CCC[C@H]2C(=O)N[C@@H](Cc2ccc(O)cc2)C(=O)N[C@@H](Cc2ccccc2)C(=O)N1. The fourth-order valence-electron chi connectivity index (χ4n) is 5.19. The van der Waals surface area contributed by atoms with Crippen LogP contribution in [-0.2, 0) is 37.8 Å². The van der Waals surface area contributed by atoms with Crippen LogP contribution in [0.2, 0.25) is 0 Å². The van der Waals surface area contributed by atoms with E-state index in [0.29, 0.717) is 24.3 Å². The third kappa shape index (κ3) is 7.85. The molecule has 13 heteroatoms. The van der Waals surface area contributed by atoms with E-state index in [1.807, 2.05) is 40.6 Å². The molecule has 0 spiro atoms. The van der Waals surface area contributed by atoms with Crippen molar-refractivity contribution in [3.05, 3.63) is 76.8 Å². The number of thiazole rings is 1. The van der Waals surface area contributed by atoms with Crippen molar-refractivity contribution in [2.75, 3.05) is 17.2 Å². The lowest BCUT2D eigenvalue weighted by molar-refractivity contribution is -0.133. The molecule has 0 unspecified atom stereocenters. The van der Waals surface area contributed by atoms with Gasteiger partial charge >= 0.3 is 0 Å². The van der Waals surface area contributed by atoms with Gasteiger partial charge in [0.05, 0.1) is 5.69 Å². The number of rotatable bonds is 5. The molecule has 0 radical (unpaired) electrons. The summed E-state index contributed by atoms with van der Waals surface area (Å²) < 4.78 is 0. The Hall–Kier alpha value is -4.10. The van der Waals surface area contributed by atoms with Gasteiger partial charge < -0.3 is 31.7 Å². The maximum Gasteiger partial charge on any atom is 0.243 e. The molecule has 2 bridgehead atoms. The van der Waals surface area contributed by atoms with E-state index in [1.165, 1.54) is 35.2 Å². The summed E-state index contributed by atoms with van der Waals surface area (Å²) in [6.07, 6.45) is 1.71. The molecule has 5 rings (SSSR count). The molecule has 2 aliphatic rings. The number of benzene rings is 2. The van der Waals surface area contributed by atoms with Crippen LogP contribution in [0.3, 0.4) is 0 Å². The highest BCUT2D eigenvalue weighted by atomic mass is 32.2. The fourth-order valence-corrected chi connectivity index (χ4v) is 7.15. The van der Waals surface area contributed by atoms with Crippen molar-refractivity contribution in [2.24, 2.45) is 5.73 Å². The largest absolute Gasteiger partial charge is 0.508 e. The van der Waals surface area contributed by atoms with Gasteiger partial charge in [-0.25, -0.2) is 4.98 Å². The number of aromatic hydroxyl groups is 1. The molecule has 4 amide bonds. The highest BCUT2D eigenvalue weighted by molar-refractivity contribution is 7.98. The van der Waals surface area contributed by atoms with Crippen molar-refractivity contribution in [1.82, 2.24) is 20.9 Å². The highest BCUT2D eigenvalue weighted by Crippen LogP contribution is 2.30. The number of fused-ring (bicyclic) bond motifs is 4. The van der Waals surface area contributed by atoms with Gasteiger partial charge in [0.1, 0.15) is 29.9 Å². The monoisotopic (exact) mass is 622 g/mol. The molecule has 2 aromatic carbocycles. The Morgan fingerprint density at radius 3 is 2.28 bits per heavy atom. The molecule has 1 aromatic heterocycles. The maximum atomic E-state index is 13.9. The molecular weight excluding hydrogens is 589 g/mol. The summed E-state index contributed by atoms with van der Waals surface area (Å²) in [6.45, 7) is 0.661. The number of thioether (sulfide) groups is 1. The standard InChI is InChI=1S/C30H34N6O5S2/c31-26(38)24-17-42-15-20-16-43-30(32-20)36-12-4-7-25(36)29(41)34-23(14-19-8-10-21(37)11-9-19)27(39)33-22(28(40)35-24)13-18-5-2-1-3-6-18/h1-3,5-6,8-11,16,22-25,37H,4,7,12-15,17H2,(H2,31,38)(H,33,39)(H,34,41)(H,35,40)/t22-,23-,24-,25-/m0/s1. The van der Waals surface area contributed by atoms with Crippen LogP contribution >= 0.6 is 23.1 Å². The minimum absolute atomic E-state index is 0.0809. The highest BCUT2D eigenvalue weighted by Gasteiger charge is 2.36. The Morgan fingerprint density at radius 2 is 1.58 bits per heavy atom. The van der Waals surface area contributed by atoms with Crippen LogP contribution in [-0.4, -0.2) is 70.2 Å². The van der Waals surface area contributed by atoms with Crippen molar-refractivity contribution >= 4 is 51.9 Å². The zero-order valence-corrected chi connectivity index (χ0v) is 25.0. The van der Waals surface area contributed by atoms with Gasteiger partial charge in [-0.15, -0.1) is 11.3 Å². The van der Waals surface area contributed by atoms with Gasteiger partial charge in [-0.2, -0.15) is 11.8 Å². The lowest BCUT2D eigenvalue weighted by Crippen LogP contribution is -2.59. The first-order chi connectivity index (χ1) is 20.8. The molecule has 4 atom stereocenters. The van der Waals surface area contributed by atoms with Crippen molar-refractivity contribution in [1.29, 1.82) is 0 Å². The van der Waals surface area contributed by atoms with Gasteiger partial charge in [-0.1, -0.05) is 42.5 Å². The predicted octanol–water partition coefficient (Wildman–Crippen LogP) is 1.49. The Bertz CT molecular complexity index is 1450. The van der Waals surface area contributed by atoms with Crippen LogP contribution in [0.15, 0.2) is 60.0 Å². The molecule has 43 heavy (non-hydrogen) atoms. The number of aromatic nitrogens is 1. The summed E-state index contributed by atoms with van der Waals surface area (Å²) >= 11 is 2.86. The Labute approximate surface area is 257 Å². The minimum Gasteiger partial charge on any atom is -0.508 e. The average molecular weight is 623 g/mol. The third-order valence-corrected chi connectivity index (χ3v) is 9.46. The first kappa shape index (κ1) is 30.4. The summed E-state index contributed by atoms with van der Waals surface area (Å²) in [7, 11) is 0. The first-order valence-electron chi connectivity index (χ1n) is 14.1. The number of anilines is 1. The van der Waals surface area contributed by atoms with Crippen molar-refractivity contribution in [3.63, 3.8) is 0 Å². The zero-order valence-electron chi connectivity index (χ0n) is 23.4. The van der Waals surface area contributed by atoms with E-state index >= 15 is 0 Å². The van der Waals surface area contributed by atoms with E-state index in [2.05, 4.69) is 16.0 Å². The van der Waals surface area contributed by atoms with E-state index in [4.69, 9.17) is 10.7 Å². The van der Waals surface area contributed by atoms with Gasteiger partial charge in [-0.3, -0.25) is 19.2 Å². The van der Waals surface area contributed by atoms with Crippen molar-refractivity contribution < 1.29 is 24.3 Å². The van der Waals surface area contributed by atoms with E-state index in [9.17, 15) is 24.3 Å². The molecule has 1 fully saturated rings. The predicted molar refractivity (Wildman–Crippen MR) is 166 cm³/mol. The molecule has 3 heterocycles. The molecule has 3 aromatic rings. The second-order valence-electron chi connectivity index (χ2n) is 10.6. The number of primary amides is 1. The second kappa shape index (κ2) is 13.9. The van der Waals surface area contributed by atoms with Crippen LogP contribution in [0.25, 0.3) is 0 Å². The van der Waals surface area contributed by atoms with E-state index in [1.54, 1.807) is 12.1 Å². The number of phenols is 1. The first-order valence-corrected chi connectivity index (χ1v) is 16.1. The number of carbonyl (C=O) groups is 4. The molecule has 2 aliphatic heterocycles. The van der Waals surface area contributed by atoms with E-state index in [-0.39, 0.29) is 30.3 Å². The topological polar surface area (TPSA) is 167 Å². The van der Waals surface area contributed by atoms with Gasteiger partial charge in [0.25, 0.3) is 0 Å². The Balaban J connectivity index is 1.48. The molecule has 6 N–H and O–H groups in total. The number of carbonyl (C=O) groups excluding carboxylic acids is 4. The number of nitrogens with one attached hydrogen (secondary N) is 3. The molecule has 1 saturated heterocycles. The smallest absolute Gasteiger partial charge is 0.243 e. The fraction of sp³-hybridized carbons (Fsp3) is 0.367. The van der Waals surface area contributed by atoms with Crippen molar-refractivity contribution in [2.45, 2.75) is 55.6 Å². The van der Waals surface area contributed by atoms with Crippen LogP contribution in [0.1, 0.15) is 29.7 Å². The van der Waals surface area contributed by atoms with Crippen molar-refractivity contribution in [3.8, 4) is 5.75 Å². The van der Waals surface area contributed by atoms with Crippen LogP contribution < -0.4 is 26.6 Å². The normalized spacial score (nSPS) is 23.4. The second-order valence-corrected chi connectivity index (χ2v) is 12.5. The number of phenolic OH excluding ortho intramolecular Hbond substituents is 1. The summed E-state index contributed by atoms with van der Waals surface area (Å²) in [5.74, 6) is -1.27. The molecular formula is C30H34N6O5S2. The van der Waals surface area contributed by atoms with E-state index in [0.717, 1.165) is 22.8 Å². The summed E-state index contributed by atoms with van der Waals surface area (Å²) in [5.41, 5.74) is 7.98. The van der Waals surface area contributed by atoms with Crippen LogP contribution in [0, 0.1) is 0 Å². The molecule has 0 saturated carbocycles. The summed E-state index contributed by atoms with van der Waals surface area (Å²) in [6, 6.07) is 12.1. The lowest BCUT2D eigenvalue weighted by Gasteiger charge is -2.27. The summed E-state index contributed by atoms with van der Waals surface area (Å²) in [4.78, 5) is 60.1. The Kier molecular flexibility index (Phi) is 9.82. The van der Waals surface area contributed by atoms with Gasteiger partial charge in [0.15, 0.2) is 5.13 Å². The molecule has 11 nitrogen and oxygen atoms in total. The summed E-state index contributed by atoms with van der Waals surface area (Å²) in [5, 5.41) is 20.9. The van der Waals surface area contributed by atoms with Crippen LogP contribution in [0.4, 0.5) is 5.13 Å². The number of hydrogen-bond acceptors (Lipinski definition) is 9. The van der Waals surface area contributed by atoms with Gasteiger partial charge in [0, 0.05) is 36.3 Å². The number of amides is 4. The molecule has 226 valence electrons. The third-order valence-electron chi connectivity index (χ3n) is 7.46. The average Bonchev–Trinajstić information content (AvgIpc) is 3.67. The number of nitrogens with zero attached hydrogens (tertiary/aromatic N) is 2. The lowest BCUT2D eigenvalue weighted by atomic mass is 10.0. The number of nitrogens with two attached hydrogens (primary N) is 1. The van der Waals surface area contributed by atoms with E-state index < -0.39 is 41.9 Å². The van der Waals surface area contributed by atoms with Gasteiger partial charge in [-0.05, 0) is 36.1 Å². The zero-order chi connectivity index (χ0) is 30.3. The van der Waals surface area contributed by atoms with Gasteiger partial charge in [0.2, 0.25) is 23.6 Å². The quantitative estimate of drug-likeness (QED) is 0.285.